The summed E-state index contributed by atoms with van der Waals surface area (Å²) < 4.78 is 5.91. The zero-order valence-electron chi connectivity index (χ0n) is 21.7. The molecule has 0 aromatic heterocycles. The molecular formula is C29H44O4. The van der Waals surface area contributed by atoms with Crippen molar-refractivity contribution in [2.75, 3.05) is 0 Å². The number of Topliss-reactive ketones (excluding diaryl/α,β-unsaturated/α-hetero) is 2. The first-order valence-electron chi connectivity index (χ1n) is 13.5. The first-order valence-corrected chi connectivity index (χ1v) is 13.5. The van der Waals surface area contributed by atoms with E-state index in [1.807, 2.05) is 0 Å². The van der Waals surface area contributed by atoms with Gasteiger partial charge in [0.05, 0.1) is 0 Å². The maximum absolute atomic E-state index is 14.1. The molecule has 184 valence electrons. The first kappa shape index (κ1) is 23.5. The lowest BCUT2D eigenvalue weighted by molar-refractivity contribution is -0.220. The molecule has 8 atom stereocenters. The molecule has 5 aliphatic carbocycles. The number of hydrogen-bond acceptors (Lipinski definition) is 4. The average molecular weight is 457 g/mol. The highest BCUT2D eigenvalue weighted by Crippen LogP contribution is 2.71. The Morgan fingerprint density at radius 2 is 1.55 bits per heavy atom. The van der Waals surface area contributed by atoms with Crippen LogP contribution in [-0.2, 0) is 19.1 Å². The molecule has 5 aliphatic rings. The van der Waals surface area contributed by atoms with Crippen LogP contribution in [0.15, 0.2) is 0 Å². The molecule has 0 bridgehead atoms. The lowest BCUT2D eigenvalue weighted by Crippen LogP contribution is -2.66. The van der Waals surface area contributed by atoms with Gasteiger partial charge in [-0.3, -0.25) is 14.4 Å². The summed E-state index contributed by atoms with van der Waals surface area (Å²) in [4.78, 5) is 38.5. The molecule has 0 heterocycles. The summed E-state index contributed by atoms with van der Waals surface area (Å²) in [5.41, 5.74) is -0.392. The second kappa shape index (κ2) is 7.17. The van der Waals surface area contributed by atoms with E-state index in [1.165, 1.54) is 0 Å². The molecule has 0 aromatic rings. The van der Waals surface area contributed by atoms with Crippen LogP contribution in [0.4, 0.5) is 0 Å². The van der Waals surface area contributed by atoms with Crippen molar-refractivity contribution in [3.05, 3.63) is 0 Å². The van der Waals surface area contributed by atoms with Crippen LogP contribution < -0.4 is 0 Å². The third-order valence-electron chi connectivity index (χ3n) is 12.2. The molecule has 0 amide bonds. The van der Waals surface area contributed by atoms with Gasteiger partial charge in [0.25, 0.3) is 6.47 Å². The quantitative estimate of drug-likeness (QED) is 0.468. The summed E-state index contributed by atoms with van der Waals surface area (Å²) in [6, 6.07) is 0. The van der Waals surface area contributed by atoms with Crippen molar-refractivity contribution >= 4 is 18.0 Å². The molecule has 0 spiro atoms. The van der Waals surface area contributed by atoms with Gasteiger partial charge in [0.1, 0.15) is 17.2 Å². The summed E-state index contributed by atoms with van der Waals surface area (Å²) >= 11 is 0. The third kappa shape index (κ3) is 3.10. The van der Waals surface area contributed by atoms with Gasteiger partial charge in [-0.25, -0.2) is 0 Å². The number of ketones is 2. The lowest BCUT2D eigenvalue weighted by Gasteiger charge is -2.68. The number of hydrogen-bond donors (Lipinski definition) is 0. The standard InChI is InChI=1S/C29H44O4/c1-25(2)13-14-29(33-17-30)12-7-18-24(19(29)16-25)20(31)15-22-27(18,5)10-8-21-26(3,4)23(32)9-11-28(21,22)6/h17-19,21-22,24H,7-16H2,1-6H3/t18?,19?,21-,22-,24?,27-,28-,29+/m0/s1. The predicted molar refractivity (Wildman–Crippen MR) is 127 cm³/mol. The summed E-state index contributed by atoms with van der Waals surface area (Å²) in [5.74, 6) is 2.06. The zero-order valence-corrected chi connectivity index (χ0v) is 21.7. The van der Waals surface area contributed by atoms with E-state index >= 15 is 0 Å². The van der Waals surface area contributed by atoms with Gasteiger partial charge in [-0.1, -0.05) is 41.5 Å². The highest BCUT2D eigenvalue weighted by molar-refractivity contribution is 5.86. The van der Waals surface area contributed by atoms with E-state index in [4.69, 9.17) is 4.74 Å². The average Bonchev–Trinajstić information content (AvgIpc) is 2.73. The molecule has 5 rings (SSSR count). The van der Waals surface area contributed by atoms with Crippen molar-refractivity contribution in [1.29, 1.82) is 0 Å². The van der Waals surface area contributed by atoms with E-state index in [-0.39, 0.29) is 33.5 Å². The topological polar surface area (TPSA) is 60.4 Å². The SMILES string of the molecule is CC1(C)CC[C@]2(OC=O)CCC3C(C(=O)C[C@@H]4[C@@]5(C)CCC(=O)C(C)(C)[C@@H]5CC[C@@]34C)C2C1. The maximum atomic E-state index is 14.1. The van der Waals surface area contributed by atoms with Gasteiger partial charge in [0.2, 0.25) is 0 Å². The molecule has 33 heavy (non-hydrogen) atoms. The maximum Gasteiger partial charge on any atom is 0.293 e. The van der Waals surface area contributed by atoms with E-state index in [2.05, 4.69) is 41.5 Å². The molecular weight excluding hydrogens is 412 g/mol. The fourth-order valence-corrected chi connectivity index (χ4v) is 10.4. The molecule has 5 saturated carbocycles. The largest absolute Gasteiger partial charge is 0.461 e. The Balaban J connectivity index is 1.54. The van der Waals surface area contributed by atoms with Gasteiger partial charge in [-0.05, 0) is 85.4 Å². The van der Waals surface area contributed by atoms with Gasteiger partial charge in [0, 0.05) is 30.1 Å². The predicted octanol–water partition coefficient (Wildman–Crippen LogP) is 6.15. The normalized spacial score (nSPS) is 50.3. The molecule has 5 fully saturated rings. The first-order chi connectivity index (χ1) is 15.3. The van der Waals surface area contributed by atoms with Crippen LogP contribution in [-0.4, -0.2) is 23.6 Å². The van der Waals surface area contributed by atoms with Gasteiger partial charge in [0.15, 0.2) is 0 Å². The molecule has 3 unspecified atom stereocenters. The molecule has 4 heteroatoms. The highest BCUT2D eigenvalue weighted by atomic mass is 16.5. The van der Waals surface area contributed by atoms with E-state index in [9.17, 15) is 14.4 Å². The monoisotopic (exact) mass is 456 g/mol. The minimum absolute atomic E-state index is 0.0120. The van der Waals surface area contributed by atoms with Gasteiger partial charge < -0.3 is 4.74 Å². The van der Waals surface area contributed by atoms with E-state index in [0.29, 0.717) is 48.6 Å². The Morgan fingerprint density at radius 3 is 2.24 bits per heavy atom. The van der Waals surface area contributed by atoms with E-state index in [0.717, 1.165) is 51.4 Å². The van der Waals surface area contributed by atoms with Crippen LogP contribution in [0, 0.1) is 51.2 Å². The fourth-order valence-electron chi connectivity index (χ4n) is 10.4. The summed E-state index contributed by atoms with van der Waals surface area (Å²) in [7, 11) is 0. The van der Waals surface area contributed by atoms with E-state index < -0.39 is 5.60 Å². The van der Waals surface area contributed by atoms with Crippen molar-refractivity contribution in [3.63, 3.8) is 0 Å². The lowest BCUT2D eigenvalue weighted by atomic mass is 9.36. The molecule has 4 nitrogen and oxygen atoms in total. The van der Waals surface area contributed by atoms with Crippen LogP contribution in [0.1, 0.15) is 106 Å². The Morgan fingerprint density at radius 1 is 0.818 bits per heavy atom. The van der Waals surface area contributed by atoms with Crippen LogP contribution in [0.5, 0.6) is 0 Å². The third-order valence-corrected chi connectivity index (χ3v) is 12.2. The Hall–Kier alpha value is -1.19. The molecule has 0 N–H and O–H groups in total. The second-order valence-corrected chi connectivity index (χ2v) is 14.4. The van der Waals surface area contributed by atoms with Gasteiger partial charge >= 0.3 is 0 Å². The second-order valence-electron chi connectivity index (χ2n) is 14.4. The van der Waals surface area contributed by atoms with Crippen molar-refractivity contribution < 1.29 is 19.1 Å². The minimum atomic E-state index is -0.447. The number of carbonyl (C=O) groups is 3. The zero-order chi connectivity index (χ0) is 24.0. The Kier molecular flexibility index (Phi) is 5.11. The molecule has 0 saturated heterocycles. The van der Waals surface area contributed by atoms with Gasteiger partial charge in [-0.15, -0.1) is 0 Å². The van der Waals surface area contributed by atoms with Crippen molar-refractivity contribution in [2.24, 2.45) is 51.2 Å². The van der Waals surface area contributed by atoms with Crippen molar-refractivity contribution in [3.8, 4) is 0 Å². The smallest absolute Gasteiger partial charge is 0.293 e. The summed E-state index contributed by atoms with van der Waals surface area (Å²) in [6.07, 6.45) is 9.21. The van der Waals surface area contributed by atoms with Crippen LogP contribution in [0.2, 0.25) is 0 Å². The number of rotatable bonds is 2. The molecule has 0 radical (unpaired) electrons. The summed E-state index contributed by atoms with van der Waals surface area (Å²) in [6.45, 7) is 14.5. The van der Waals surface area contributed by atoms with Crippen LogP contribution >= 0.6 is 0 Å². The van der Waals surface area contributed by atoms with Crippen LogP contribution in [0.25, 0.3) is 0 Å². The Labute approximate surface area is 200 Å². The number of ether oxygens (including phenoxy) is 1. The summed E-state index contributed by atoms with van der Waals surface area (Å²) in [5, 5.41) is 0. The van der Waals surface area contributed by atoms with Gasteiger partial charge in [-0.2, -0.15) is 0 Å². The number of carbonyl (C=O) groups excluding carboxylic acids is 3. The van der Waals surface area contributed by atoms with Crippen molar-refractivity contribution in [2.45, 2.75) is 111 Å². The van der Waals surface area contributed by atoms with Crippen molar-refractivity contribution in [1.82, 2.24) is 0 Å². The molecule has 0 aromatic carbocycles. The van der Waals surface area contributed by atoms with E-state index in [1.54, 1.807) is 0 Å². The highest BCUT2D eigenvalue weighted by Gasteiger charge is 2.68. The fraction of sp³-hybridized carbons (Fsp3) is 0.897. The Bertz CT molecular complexity index is 873. The van der Waals surface area contributed by atoms with Crippen LogP contribution in [0.3, 0.4) is 0 Å². The molecule has 0 aliphatic heterocycles. The number of fused-ring (bicyclic) bond motifs is 7. The minimum Gasteiger partial charge on any atom is -0.461 e.